The van der Waals surface area contributed by atoms with Crippen LogP contribution in [0.25, 0.3) is 0 Å². The summed E-state index contributed by atoms with van der Waals surface area (Å²) in [6.45, 7) is 6.81. The monoisotopic (exact) mass is 369 g/mol. The van der Waals surface area contributed by atoms with Crippen LogP contribution in [0.4, 0.5) is 5.69 Å². The molecule has 0 radical (unpaired) electrons. The quantitative estimate of drug-likeness (QED) is 0.706. The van der Waals surface area contributed by atoms with Crippen molar-refractivity contribution < 1.29 is 19.1 Å². The predicted molar refractivity (Wildman–Crippen MR) is 102 cm³/mol. The van der Waals surface area contributed by atoms with Crippen LogP contribution in [0.2, 0.25) is 0 Å². The highest BCUT2D eigenvalue weighted by molar-refractivity contribution is 5.96. The van der Waals surface area contributed by atoms with Crippen LogP contribution in [0.3, 0.4) is 0 Å². The number of hydrogen-bond donors (Lipinski definition) is 3. The van der Waals surface area contributed by atoms with Gasteiger partial charge in [0.25, 0.3) is 11.8 Å². The molecule has 27 heavy (non-hydrogen) atoms. The SMILES string of the molecule is CC(=O)Nc1ccc(C(=O)NNC(=O)C(C)Oc2c(C)cccc2C)cc1. The van der Waals surface area contributed by atoms with Crippen molar-refractivity contribution in [3.63, 3.8) is 0 Å². The van der Waals surface area contributed by atoms with E-state index in [1.807, 2.05) is 32.0 Å². The zero-order valence-corrected chi connectivity index (χ0v) is 15.8. The summed E-state index contributed by atoms with van der Waals surface area (Å²) in [6, 6.07) is 12.0. The van der Waals surface area contributed by atoms with Gasteiger partial charge in [0, 0.05) is 18.2 Å². The number of anilines is 1. The largest absolute Gasteiger partial charge is 0.480 e. The van der Waals surface area contributed by atoms with Gasteiger partial charge in [0.2, 0.25) is 5.91 Å². The standard InChI is InChI=1S/C20H23N3O4/c1-12-6-5-7-13(2)18(12)27-14(3)19(25)22-23-20(26)16-8-10-17(11-9-16)21-15(4)24/h5-11,14H,1-4H3,(H,21,24)(H,22,25)(H,23,26). The summed E-state index contributed by atoms with van der Waals surface area (Å²) in [7, 11) is 0. The Hall–Kier alpha value is -3.35. The normalized spacial score (nSPS) is 11.3. The third-order valence-corrected chi connectivity index (χ3v) is 3.84. The van der Waals surface area contributed by atoms with Gasteiger partial charge in [-0.1, -0.05) is 18.2 Å². The van der Waals surface area contributed by atoms with Crippen LogP contribution in [0.15, 0.2) is 42.5 Å². The molecule has 2 aromatic rings. The van der Waals surface area contributed by atoms with E-state index in [2.05, 4.69) is 16.2 Å². The van der Waals surface area contributed by atoms with Crippen molar-refractivity contribution >= 4 is 23.4 Å². The van der Waals surface area contributed by atoms with Gasteiger partial charge >= 0.3 is 0 Å². The Kier molecular flexibility index (Phi) is 6.54. The van der Waals surface area contributed by atoms with E-state index in [9.17, 15) is 14.4 Å². The van der Waals surface area contributed by atoms with E-state index < -0.39 is 17.9 Å². The lowest BCUT2D eigenvalue weighted by atomic mass is 10.1. The van der Waals surface area contributed by atoms with Crippen molar-refractivity contribution in [2.75, 3.05) is 5.32 Å². The molecule has 0 saturated carbocycles. The van der Waals surface area contributed by atoms with Gasteiger partial charge in [-0.2, -0.15) is 0 Å². The molecular formula is C20H23N3O4. The third kappa shape index (κ3) is 5.57. The second-order valence-electron chi connectivity index (χ2n) is 6.18. The predicted octanol–water partition coefficient (Wildman–Crippen LogP) is 2.49. The van der Waals surface area contributed by atoms with Crippen LogP contribution in [0, 0.1) is 13.8 Å². The molecule has 0 aromatic heterocycles. The molecule has 2 aromatic carbocycles. The number of nitrogens with one attached hydrogen (secondary N) is 3. The lowest BCUT2D eigenvalue weighted by molar-refractivity contribution is -0.128. The molecule has 7 heteroatoms. The minimum atomic E-state index is -0.785. The summed E-state index contributed by atoms with van der Waals surface area (Å²) in [5.41, 5.74) is 7.48. The maximum Gasteiger partial charge on any atom is 0.279 e. The van der Waals surface area contributed by atoms with E-state index in [-0.39, 0.29) is 5.91 Å². The number of carbonyl (C=O) groups is 3. The summed E-state index contributed by atoms with van der Waals surface area (Å²) in [5, 5.41) is 2.61. The zero-order chi connectivity index (χ0) is 20.0. The van der Waals surface area contributed by atoms with Gasteiger partial charge < -0.3 is 10.1 Å². The van der Waals surface area contributed by atoms with E-state index >= 15 is 0 Å². The van der Waals surface area contributed by atoms with Crippen molar-refractivity contribution in [1.82, 2.24) is 10.9 Å². The van der Waals surface area contributed by atoms with E-state index in [1.54, 1.807) is 31.2 Å². The van der Waals surface area contributed by atoms with Crippen LogP contribution in [-0.2, 0) is 9.59 Å². The zero-order valence-electron chi connectivity index (χ0n) is 15.8. The smallest absolute Gasteiger partial charge is 0.279 e. The summed E-state index contributed by atoms with van der Waals surface area (Å²) >= 11 is 0. The van der Waals surface area contributed by atoms with Crippen molar-refractivity contribution in [2.24, 2.45) is 0 Å². The van der Waals surface area contributed by atoms with Crippen LogP contribution < -0.4 is 20.9 Å². The van der Waals surface area contributed by atoms with Crippen molar-refractivity contribution in [1.29, 1.82) is 0 Å². The number of benzene rings is 2. The van der Waals surface area contributed by atoms with Crippen LogP contribution in [-0.4, -0.2) is 23.8 Å². The molecule has 7 nitrogen and oxygen atoms in total. The third-order valence-electron chi connectivity index (χ3n) is 3.84. The molecule has 0 aliphatic rings. The van der Waals surface area contributed by atoms with Gasteiger partial charge in [-0.25, -0.2) is 0 Å². The molecule has 2 rings (SSSR count). The minimum Gasteiger partial charge on any atom is -0.480 e. The second-order valence-corrected chi connectivity index (χ2v) is 6.18. The highest BCUT2D eigenvalue weighted by atomic mass is 16.5. The van der Waals surface area contributed by atoms with E-state index in [4.69, 9.17) is 4.74 Å². The molecule has 1 unspecified atom stereocenters. The first-order valence-electron chi connectivity index (χ1n) is 8.48. The fourth-order valence-corrected chi connectivity index (χ4v) is 2.42. The average molecular weight is 369 g/mol. The first-order valence-corrected chi connectivity index (χ1v) is 8.48. The Morgan fingerprint density at radius 2 is 1.52 bits per heavy atom. The lowest BCUT2D eigenvalue weighted by Crippen LogP contribution is -2.47. The number of hydrazine groups is 1. The van der Waals surface area contributed by atoms with E-state index in [0.29, 0.717) is 17.0 Å². The fourth-order valence-electron chi connectivity index (χ4n) is 2.42. The second kappa shape index (κ2) is 8.84. The Labute approximate surface area is 158 Å². The van der Waals surface area contributed by atoms with Gasteiger partial charge in [-0.05, 0) is 56.2 Å². The van der Waals surface area contributed by atoms with Gasteiger partial charge in [-0.3, -0.25) is 25.2 Å². The molecule has 0 saturated heterocycles. The molecule has 3 N–H and O–H groups in total. The highest BCUT2D eigenvalue weighted by Crippen LogP contribution is 2.23. The number of hydrogen-bond acceptors (Lipinski definition) is 4. The van der Waals surface area contributed by atoms with Gasteiger partial charge in [0.15, 0.2) is 6.10 Å². The lowest BCUT2D eigenvalue weighted by Gasteiger charge is -2.18. The molecule has 142 valence electrons. The average Bonchev–Trinajstić information content (AvgIpc) is 2.62. The Balaban J connectivity index is 1.90. The van der Waals surface area contributed by atoms with Gasteiger partial charge in [0.1, 0.15) is 5.75 Å². The Morgan fingerprint density at radius 3 is 2.07 bits per heavy atom. The number of aryl methyl sites for hydroxylation is 2. The molecule has 0 aliphatic carbocycles. The maximum atomic E-state index is 12.2. The van der Waals surface area contributed by atoms with Gasteiger partial charge in [0.05, 0.1) is 0 Å². The summed E-state index contributed by atoms with van der Waals surface area (Å²) in [4.78, 5) is 35.3. The Bertz CT molecular complexity index is 827. The van der Waals surface area contributed by atoms with Crippen molar-refractivity contribution in [2.45, 2.75) is 33.8 Å². The summed E-state index contributed by atoms with van der Waals surface area (Å²) < 4.78 is 5.72. The number of para-hydroxylation sites is 1. The van der Waals surface area contributed by atoms with Crippen LogP contribution in [0.1, 0.15) is 35.3 Å². The molecule has 3 amide bonds. The molecule has 0 fully saturated rings. The Morgan fingerprint density at radius 1 is 0.926 bits per heavy atom. The van der Waals surface area contributed by atoms with Crippen molar-refractivity contribution in [3.05, 3.63) is 59.2 Å². The van der Waals surface area contributed by atoms with E-state index in [0.717, 1.165) is 11.1 Å². The molecule has 0 heterocycles. The number of amides is 3. The van der Waals surface area contributed by atoms with E-state index in [1.165, 1.54) is 6.92 Å². The van der Waals surface area contributed by atoms with Crippen LogP contribution >= 0.6 is 0 Å². The molecule has 0 aliphatic heterocycles. The number of carbonyl (C=O) groups excluding carboxylic acids is 3. The van der Waals surface area contributed by atoms with Crippen LogP contribution in [0.5, 0.6) is 5.75 Å². The van der Waals surface area contributed by atoms with Crippen molar-refractivity contribution in [3.8, 4) is 5.75 Å². The van der Waals surface area contributed by atoms with Gasteiger partial charge in [-0.15, -0.1) is 0 Å². The topological polar surface area (TPSA) is 96.5 Å². The summed E-state index contributed by atoms with van der Waals surface area (Å²) in [6.07, 6.45) is -0.785. The first-order chi connectivity index (χ1) is 12.8. The molecule has 0 bridgehead atoms. The fraction of sp³-hybridized carbons (Fsp3) is 0.250. The number of ether oxygens (including phenoxy) is 1. The maximum absolute atomic E-state index is 12.2. The summed E-state index contributed by atoms with van der Waals surface area (Å²) in [5.74, 6) is -0.491. The first kappa shape index (κ1) is 20.0. The molecular weight excluding hydrogens is 346 g/mol. The minimum absolute atomic E-state index is 0.197. The molecule has 0 spiro atoms. The number of rotatable bonds is 5. The molecule has 1 atom stereocenters. The highest BCUT2D eigenvalue weighted by Gasteiger charge is 2.17.